The first-order valence-corrected chi connectivity index (χ1v) is 5.52. The molecule has 0 saturated heterocycles. The minimum absolute atomic E-state index is 0.220. The van der Waals surface area contributed by atoms with Crippen molar-refractivity contribution in [2.24, 2.45) is 5.73 Å². The summed E-state index contributed by atoms with van der Waals surface area (Å²) < 4.78 is 3.84. The van der Waals surface area contributed by atoms with Gasteiger partial charge in [0.25, 0.3) is 0 Å². The highest BCUT2D eigenvalue weighted by Crippen LogP contribution is 2.10. The summed E-state index contributed by atoms with van der Waals surface area (Å²) >= 11 is 0.950. The van der Waals surface area contributed by atoms with E-state index in [-0.39, 0.29) is 5.13 Å². The number of urea groups is 1. The molecule has 0 aliphatic carbocycles. The smallest absolute Gasteiger partial charge is 0.324 e. The van der Waals surface area contributed by atoms with Gasteiger partial charge in [-0.05, 0) is 6.92 Å². The third kappa shape index (κ3) is 4.33. The van der Waals surface area contributed by atoms with Crippen molar-refractivity contribution >= 4 is 34.6 Å². The molecule has 0 saturated carbocycles. The lowest BCUT2D eigenvalue weighted by Crippen LogP contribution is -2.43. The normalized spacial score (nSPS) is 9.83. The second-order valence-corrected chi connectivity index (χ2v) is 4.04. The number of carbonyl (C=O) groups excluding carboxylic acids is 2. The molecule has 1 rings (SSSR count). The molecule has 98 valence electrons. The van der Waals surface area contributed by atoms with Gasteiger partial charge in [0, 0.05) is 11.5 Å². The van der Waals surface area contributed by atoms with E-state index in [9.17, 15) is 14.4 Å². The van der Waals surface area contributed by atoms with Crippen LogP contribution in [0, 0.1) is 6.92 Å². The van der Waals surface area contributed by atoms with Crippen molar-refractivity contribution in [3.8, 4) is 0 Å². The number of primary amides is 1. The molecule has 1 heterocycles. The molecule has 0 atom stereocenters. The van der Waals surface area contributed by atoms with Gasteiger partial charge in [0.05, 0.1) is 0 Å². The molecule has 0 aliphatic heterocycles. The topological polar surface area (TPSA) is 139 Å². The quantitative estimate of drug-likeness (QED) is 0.645. The number of nitrogens with one attached hydrogen (secondary N) is 1. The fraction of sp³-hybridized carbons (Fsp3) is 0.375. The number of hydrogen-bond acceptors (Lipinski definition) is 6. The minimum atomic E-state index is -1.25. The van der Waals surface area contributed by atoms with Crippen LogP contribution in [0.2, 0.25) is 0 Å². The average Bonchev–Trinajstić information content (AvgIpc) is 2.61. The summed E-state index contributed by atoms with van der Waals surface area (Å²) in [6.45, 7) is 0.521. The number of aliphatic carboxylic acids is 1. The maximum atomic E-state index is 11.7. The molecule has 0 fully saturated rings. The molecule has 1 aromatic heterocycles. The van der Waals surface area contributed by atoms with E-state index < -0.39 is 31.0 Å². The zero-order valence-corrected chi connectivity index (χ0v) is 10.2. The van der Waals surface area contributed by atoms with Crippen LogP contribution in [-0.4, -0.2) is 50.4 Å². The van der Waals surface area contributed by atoms with E-state index in [1.54, 1.807) is 6.92 Å². The van der Waals surface area contributed by atoms with Gasteiger partial charge in [-0.25, -0.2) is 9.78 Å². The van der Waals surface area contributed by atoms with Crippen molar-refractivity contribution in [3.05, 3.63) is 5.82 Å². The molecule has 0 bridgehead atoms. The number of rotatable bonds is 5. The van der Waals surface area contributed by atoms with Gasteiger partial charge in [-0.2, -0.15) is 4.37 Å². The number of carboxylic acid groups (broad SMARTS) is 1. The van der Waals surface area contributed by atoms with E-state index in [1.807, 2.05) is 0 Å². The number of nitrogens with zero attached hydrogens (tertiary/aromatic N) is 3. The van der Waals surface area contributed by atoms with Crippen LogP contribution in [0.5, 0.6) is 0 Å². The highest BCUT2D eigenvalue weighted by Gasteiger charge is 2.19. The zero-order chi connectivity index (χ0) is 13.7. The Bertz CT molecular complexity index is 458. The van der Waals surface area contributed by atoms with Gasteiger partial charge < -0.3 is 15.7 Å². The Balaban J connectivity index is 2.69. The van der Waals surface area contributed by atoms with Crippen LogP contribution in [0.15, 0.2) is 0 Å². The molecule has 0 unspecified atom stereocenters. The fourth-order valence-electron chi connectivity index (χ4n) is 1.07. The van der Waals surface area contributed by atoms with Crippen LogP contribution < -0.4 is 11.1 Å². The lowest BCUT2D eigenvalue weighted by molar-refractivity contribution is -0.137. The van der Waals surface area contributed by atoms with Gasteiger partial charge in [-0.1, -0.05) is 0 Å². The Morgan fingerprint density at radius 3 is 2.56 bits per heavy atom. The number of amides is 3. The maximum absolute atomic E-state index is 11.7. The molecule has 4 N–H and O–H groups in total. The molecular weight excluding hydrogens is 262 g/mol. The van der Waals surface area contributed by atoms with Crippen LogP contribution in [0.1, 0.15) is 5.82 Å². The van der Waals surface area contributed by atoms with Crippen LogP contribution in [0.25, 0.3) is 0 Å². The fourth-order valence-corrected chi connectivity index (χ4v) is 1.63. The second-order valence-electron chi connectivity index (χ2n) is 3.29. The third-order valence-electron chi connectivity index (χ3n) is 1.70. The largest absolute Gasteiger partial charge is 0.480 e. The number of aryl methyl sites for hydroxylation is 1. The molecule has 18 heavy (non-hydrogen) atoms. The number of aromatic nitrogens is 2. The van der Waals surface area contributed by atoms with Crippen LogP contribution in [-0.2, 0) is 9.59 Å². The molecule has 3 amide bonds. The van der Waals surface area contributed by atoms with Gasteiger partial charge in [0.2, 0.25) is 11.0 Å². The molecule has 0 radical (unpaired) electrons. The summed E-state index contributed by atoms with van der Waals surface area (Å²) in [5.41, 5.74) is 4.93. The van der Waals surface area contributed by atoms with E-state index in [4.69, 9.17) is 10.8 Å². The Kier molecular flexibility index (Phi) is 4.54. The van der Waals surface area contributed by atoms with Crippen molar-refractivity contribution in [3.63, 3.8) is 0 Å². The first-order valence-electron chi connectivity index (χ1n) is 4.75. The third-order valence-corrected chi connectivity index (χ3v) is 2.42. The number of anilines is 1. The van der Waals surface area contributed by atoms with Crippen molar-refractivity contribution in [1.82, 2.24) is 14.3 Å². The van der Waals surface area contributed by atoms with Gasteiger partial charge in [-0.3, -0.25) is 14.9 Å². The van der Waals surface area contributed by atoms with Crippen molar-refractivity contribution in [2.45, 2.75) is 6.92 Å². The van der Waals surface area contributed by atoms with Crippen molar-refractivity contribution in [1.29, 1.82) is 0 Å². The molecule has 10 heteroatoms. The van der Waals surface area contributed by atoms with Crippen molar-refractivity contribution < 1.29 is 19.5 Å². The summed E-state index contributed by atoms with van der Waals surface area (Å²) in [5.74, 6) is -1.57. The van der Waals surface area contributed by atoms with Crippen LogP contribution >= 0.6 is 11.5 Å². The van der Waals surface area contributed by atoms with Crippen LogP contribution in [0.3, 0.4) is 0 Å². The van der Waals surface area contributed by atoms with E-state index in [1.165, 1.54) is 0 Å². The summed E-state index contributed by atoms with van der Waals surface area (Å²) in [6.07, 6.45) is 0. The number of carbonyl (C=O) groups is 3. The van der Waals surface area contributed by atoms with Gasteiger partial charge in [-0.15, -0.1) is 0 Å². The average molecular weight is 273 g/mol. The highest BCUT2D eigenvalue weighted by molar-refractivity contribution is 7.09. The summed E-state index contributed by atoms with van der Waals surface area (Å²) in [6, 6.07) is -0.771. The second kappa shape index (κ2) is 5.91. The van der Waals surface area contributed by atoms with Gasteiger partial charge >= 0.3 is 12.0 Å². The van der Waals surface area contributed by atoms with Crippen LogP contribution in [0.4, 0.5) is 9.93 Å². The van der Waals surface area contributed by atoms with E-state index in [0.717, 1.165) is 16.4 Å². The van der Waals surface area contributed by atoms with E-state index in [0.29, 0.717) is 5.82 Å². The lowest BCUT2D eigenvalue weighted by Gasteiger charge is -2.18. The van der Waals surface area contributed by atoms with Gasteiger partial charge in [0.1, 0.15) is 18.9 Å². The maximum Gasteiger partial charge on any atom is 0.324 e. The predicted octanol–water partition coefficient (Wildman–Crippen LogP) is -0.750. The summed E-state index contributed by atoms with van der Waals surface area (Å²) in [4.78, 5) is 37.6. The number of nitrogens with two attached hydrogens (primary N) is 1. The molecule has 9 nitrogen and oxygen atoms in total. The predicted molar refractivity (Wildman–Crippen MR) is 62.1 cm³/mol. The molecular formula is C8H11N5O4S. The standard InChI is InChI=1S/C8H11N5O4S/c1-4-10-7(18-12-4)11-8(17)13(2-5(9)14)3-6(15)16/h2-3H2,1H3,(H2,9,14)(H,15,16)(H,10,11,12,17). The van der Waals surface area contributed by atoms with Crippen molar-refractivity contribution in [2.75, 3.05) is 18.4 Å². The molecule has 1 aromatic rings. The summed E-state index contributed by atoms with van der Waals surface area (Å²) in [5, 5.41) is 11.2. The lowest BCUT2D eigenvalue weighted by atomic mass is 10.5. The number of hydrogen-bond donors (Lipinski definition) is 3. The monoisotopic (exact) mass is 273 g/mol. The first-order chi connectivity index (χ1) is 8.38. The Morgan fingerprint density at radius 1 is 1.44 bits per heavy atom. The van der Waals surface area contributed by atoms with Gasteiger partial charge in [0.15, 0.2) is 0 Å². The Hall–Kier alpha value is -2.23. The Morgan fingerprint density at radius 2 is 2.11 bits per heavy atom. The highest BCUT2D eigenvalue weighted by atomic mass is 32.1. The molecule has 0 spiro atoms. The zero-order valence-electron chi connectivity index (χ0n) is 9.41. The van der Waals surface area contributed by atoms with E-state index in [2.05, 4.69) is 14.7 Å². The Labute approximate surface area is 106 Å². The minimum Gasteiger partial charge on any atom is -0.480 e. The molecule has 0 aliphatic rings. The first kappa shape index (κ1) is 13.8. The SMILES string of the molecule is Cc1nsc(NC(=O)N(CC(N)=O)CC(=O)O)n1. The molecule has 0 aromatic carbocycles. The van der Waals surface area contributed by atoms with E-state index >= 15 is 0 Å². The number of carboxylic acids is 1. The summed E-state index contributed by atoms with van der Waals surface area (Å²) in [7, 11) is 0.